The maximum Gasteiger partial charge on any atom is 0.271 e. The topological polar surface area (TPSA) is 76.1 Å². The van der Waals surface area contributed by atoms with E-state index < -0.39 is 0 Å². The van der Waals surface area contributed by atoms with E-state index in [4.69, 9.17) is 16.3 Å². The zero-order valence-electron chi connectivity index (χ0n) is 12.2. The van der Waals surface area contributed by atoms with E-state index in [1.807, 2.05) is 12.1 Å². The lowest BCUT2D eigenvalue weighted by molar-refractivity contribution is 0.0943. The second-order valence-electron chi connectivity index (χ2n) is 4.52. The number of carbonyl (C=O) groups excluding carboxylic acids is 1. The lowest BCUT2D eigenvalue weighted by Gasteiger charge is -2.07. The molecule has 0 aliphatic rings. The van der Waals surface area contributed by atoms with E-state index in [0.717, 1.165) is 12.1 Å². The predicted molar refractivity (Wildman–Crippen MR) is 85.6 cm³/mol. The van der Waals surface area contributed by atoms with Crippen molar-refractivity contribution in [1.29, 1.82) is 0 Å². The van der Waals surface area contributed by atoms with E-state index in [9.17, 15) is 4.79 Å². The molecule has 0 spiro atoms. The molecule has 0 aliphatic carbocycles. The van der Waals surface area contributed by atoms with Crippen LogP contribution in [-0.4, -0.2) is 36.1 Å². The number of benzene rings is 1. The molecule has 2 N–H and O–H groups in total. The molecule has 2 aromatic rings. The summed E-state index contributed by atoms with van der Waals surface area (Å²) in [5, 5.41) is 6.49. The third-order valence-corrected chi connectivity index (χ3v) is 3.06. The zero-order valence-corrected chi connectivity index (χ0v) is 12.9. The third kappa shape index (κ3) is 4.98. The van der Waals surface area contributed by atoms with Gasteiger partial charge >= 0.3 is 0 Å². The summed E-state index contributed by atoms with van der Waals surface area (Å²) in [4.78, 5) is 20.1. The standard InChI is InChI=1S/C15H17ClN4O2/c1-22-8-2-7-17-15(21)13-9-19-14(10-18-13)20-12-5-3-11(16)4-6-12/h3-6,9-10H,2,7-8H2,1H3,(H,17,21)(H,19,20). The molecule has 1 heterocycles. The fourth-order valence-corrected chi connectivity index (χ4v) is 1.83. The minimum atomic E-state index is -0.248. The smallest absolute Gasteiger partial charge is 0.271 e. The molecule has 116 valence electrons. The number of ether oxygens (including phenoxy) is 1. The van der Waals surface area contributed by atoms with Crippen molar-refractivity contribution in [3.63, 3.8) is 0 Å². The van der Waals surface area contributed by atoms with Crippen molar-refractivity contribution in [2.75, 3.05) is 25.6 Å². The van der Waals surface area contributed by atoms with E-state index >= 15 is 0 Å². The Bertz CT molecular complexity index is 602. The number of methoxy groups -OCH3 is 1. The molecule has 22 heavy (non-hydrogen) atoms. The molecule has 0 bridgehead atoms. The van der Waals surface area contributed by atoms with E-state index in [0.29, 0.717) is 24.0 Å². The Morgan fingerprint density at radius 1 is 1.23 bits per heavy atom. The first-order valence-corrected chi connectivity index (χ1v) is 7.18. The highest BCUT2D eigenvalue weighted by molar-refractivity contribution is 6.30. The lowest BCUT2D eigenvalue weighted by atomic mass is 10.3. The lowest BCUT2D eigenvalue weighted by Crippen LogP contribution is -2.26. The van der Waals surface area contributed by atoms with Gasteiger partial charge in [0.1, 0.15) is 11.5 Å². The predicted octanol–water partition coefficient (Wildman–Crippen LogP) is 2.64. The summed E-state index contributed by atoms with van der Waals surface area (Å²) in [6.07, 6.45) is 3.70. The number of anilines is 2. The van der Waals surface area contributed by atoms with Crippen molar-refractivity contribution in [2.45, 2.75) is 6.42 Å². The molecular formula is C15H17ClN4O2. The molecule has 1 amide bonds. The Labute approximate surface area is 133 Å². The SMILES string of the molecule is COCCCNC(=O)c1cnc(Nc2ccc(Cl)cc2)cn1. The van der Waals surface area contributed by atoms with Gasteiger partial charge in [-0.1, -0.05) is 11.6 Å². The van der Waals surface area contributed by atoms with Gasteiger partial charge in [0.2, 0.25) is 0 Å². The molecule has 0 radical (unpaired) electrons. The van der Waals surface area contributed by atoms with Crippen molar-refractivity contribution in [3.05, 3.63) is 47.4 Å². The van der Waals surface area contributed by atoms with Crippen LogP contribution < -0.4 is 10.6 Å². The number of carbonyl (C=O) groups is 1. The normalized spacial score (nSPS) is 10.3. The summed E-state index contributed by atoms with van der Waals surface area (Å²) in [6, 6.07) is 7.22. The van der Waals surface area contributed by atoms with Crippen LogP contribution in [0.5, 0.6) is 0 Å². The molecule has 0 saturated heterocycles. The van der Waals surface area contributed by atoms with Crippen molar-refractivity contribution in [2.24, 2.45) is 0 Å². The van der Waals surface area contributed by atoms with Gasteiger partial charge in [-0.15, -0.1) is 0 Å². The first-order chi connectivity index (χ1) is 10.7. The van der Waals surface area contributed by atoms with Crippen LogP contribution in [0.1, 0.15) is 16.9 Å². The molecule has 7 heteroatoms. The van der Waals surface area contributed by atoms with Crippen LogP contribution in [0.3, 0.4) is 0 Å². The van der Waals surface area contributed by atoms with Crippen LogP contribution in [0.4, 0.5) is 11.5 Å². The molecule has 6 nitrogen and oxygen atoms in total. The number of amides is 1. The second kappa shape index (κ2) is 8.31. The van der Waals surface area contributed by atoms with Crippen LogP contribution in [0.15, 0.2) is 36.7 Å². The Balaban J connectivity index is 1.89. The Hall–Kier alpha value is -2.18. The van der Waals surface area contributed by atoms with E-state index in [1.165, 1.54) is 12.4 Å². The van der Waals surface area contributed by atoms with Gasteiger partial charge in [0.15, 0.2) is 0 Å². The number of aromatic nitrogens is 2. The molecule has 2 rings (SSSR count). The Morgan fingerprint density at radius 3 is 2.64 bits per heavy atom. The summed E-state index contributed by atoms with van der Waals surface area (Å²) in [6.45, 7) is 1.15. The average Bonchev–Trinajstić information content (AvgIpc) is 2.54. The molecule has 0 saturated carbocycles. The Kier molecular flexibility index (Phi) is 6.12. The Morgan fingerprint density at radius 2 is 2.00 bits per heavy atom. The summed E-state index contributed by atoms with van der Waals surface area (Å²) in [5.41, 5.74) is 1.12. The number of halogens is 1. The van der Waals surface area contributed by atoms with Crippen molar-refractivity contribution >= 4 is 29.0 Å². The largest absolute Gasteiger partial charge is 0.385 e. The molecule has 0 atom stereocenters. The first-order valence-electron chi connectivity index (χ1n) is 6.81. The number of nitrogens with zero attached hydrogens (tertiary/aromatic N) is 2. The zero-order chi connectivity index (χ0) is 15.8. The van der Waals surface area contributed by atoms with E-state index in [-0.39, 0.29) is 11.6 Å². The monoisotopic (exact) mass is 320 g/mol. The highest BCUT2D eigenvalue weighted by Crippen LogP contribution is 2.16. The van der Waals surface area contributed by atoms with Gasteiger partial charge in [-0.05, 0) is 30.7 Å². The van der Waals surface area contributed by atoms with Gasteiger partial charge in [0.05, 0.1) is 12.4 Å². The van der Waals surface area contributed by atoms with Crippen molar-refractivity contribution < 1.29 is 9.53 Å². The van der Waals surface area contributed by atoms with E-state index in [2.05, 4.69) is 20.6 Å². The van der Waals surface area contributed by atoms with Gasteiger partial charge in [-0.3, -0.25) is 4.79 Å². The maximum atomic E-state index is 11.8. The summed E-state index contributed by atoms with van der Waals surface area (Å²) >= 11 is 5.82. The number of hydrogen-bond donors (Lipinski definition) is 2. The number of nitrogens with one attached hydrogen (secondary N) is 2. The first kappa shape index (κ1) is 16.2. The quantitative estimate of drug-likeness (QED) is 0.767. The van der Waals surface area contributed by atoms with Gasteiger partial charge in [-0.2, -0.15) is 0 Å². The van der Waals surface area contributed by atoms with Gasteiger partial charge in [0.25, 0.3) is 5.91 Å². The maximum absolute atomic E-state index is 11.8. The highest BCUT2D eigenvalue weighted by Gasteiger charge is 2.07. The molecule has 1 aromatic carbocycles. The summed E-state index contributed by atoms with van der Waals surface area (Å²) in [7, 11) is 1.62. The molecule has 0 fully saturated rings. The number of hydrogen-bond acceptors (Lipinski definition) is 5. The van der Waals surface area contributed by atoms with Crippen molar-refractivity contribution in [3.8, 4) is 0 Å². The minimum absolute atomic E-state index is 0.248. The van der Waals surface area contributed by atoms with Crippen molar-refractivity contribution in [1.82, 2.24) is 15.3 Å². The fourth-order valence-electron chi connectivity index (χ4n) is 1.70. The van der Waals surface area contributed by atoms with E-state index in [1.54, 1.807) is 19.2 Å². The number of rotatable bonds is 7. The second-order valence-corrected chi connectivity index (χ2v) is 4.96. The van der Waals surface area contributed by atoms with Crippen LogP contribution in [0, 0.1) is 0 Å². The fraction of sp³-hybridized carbons (Fsp3) is 0.267. The van der Waals surface area contributed by atoms with Crippen LogP contribution in [-0.2, 0) is 4.74 Å². The molecular weight excluding hydrogens is 304 g/mol. The third-order valence-electron chi connectivity index (χ3n) is 2.81. The van der Waals surface area contributed by atoms with Gasteiger partial charge in [-0.25, -0.2) is 9.97 Å². The molecule has 0 unspecified atom stereocenters. The minimum Gasteiger partial charge on any atom is -0.385 e. The molecule has 0 aliphatic heterocycles. The average molecular weight is 321 g/mol. The van der Waals surface area contributed by atoms with Gasteiger partial charge in [0, 0.05) is 31.0 Å². The summed E-state index contributed by atoms with van der Waals surface area (Å²) < 4.78 is 4.91. The van der Waals surface area contributed by atoms with Crippen LogP contribution in [0.2, 0.25) is 5.02 Å². The molecule has 1 aromatic heterocycles. The van der Waals surface area contributed by atoms with Crippen LogP contribution >= 0.6 is 11.6 Å². The highest BCUT2D eigenvalue weighted by atomic mass is 35.5. The van der Waals surface area contributed by atoms with Crippen LogP contribution in [0.25, 0.3) is 0 Å². The van der Waals surface area contributed by atoms with Gasteiger partial charge < -0.3 is 15.4 Å². The summed E-state index contributed by atoms with van der Waals surface area (Å²) in [5.74, 6) is 0.305.